The van der Waals surface area contributed by atoms with E-state index in [-0.39, 0.29) is 12.3 Å². The van der Waals surface area contributed by atoms with Crippen LogP contribution in [0.2, 0.25) is 0 Å². The molecule has 1 N–H and O–H groups in total. The summed E-state index contributed by atoms with van der Waals surface area (Å²) >= 11 is 0. The number of benzene rings is 1. The van der Waals surface area contributed by atoms with Gasteiger partial charge in [0, 0.05) is 19.2 Å². The Morgan fingerprint density at radius 1 is 1.00 bits per heavy atom. The van der Waals surface area contributed by atoms with E-state index in [0.29, 0.717) is 24.0 Å². The first kappa shape index (κ1) is 20.1. The molecule has 0 radical (unpaired) electrons. The van der Waals surface area contributed by atoms with E-state index in [1.54, 1.807) is 34.8 Å². The minimum atomic E-state index is -3.44. The van der Waals surface area contributed by atoms with Gasteiger partial charge in [0.15, 0.2) is 0 Å². The Hall–Kier alpha value is -2.19. The van der Waals surface area contributed by atoms with Gasteiger partial charge in [-0.25, -0.2) is 13.1 Å². The number of hydrogen-bond donors (Lipinski definition) is 1. The summed E-state index contributed by atoms with van der Waals surface area (Å²) in [5.74, 6) is 0.600. The van der Waals surface area contributed by atoms with Crippen molar-refractivity contribution in [1.82, 2.24) is 14.1 Å². The quantitative estimate of drug-likeness (QED) is 0.783. The fraction of sp³-hybridized carbons (Fsp3) is 0.524. The summed E-state index contributed by atoms with van der Waals surface area (Å²) in [5, 5.41) is 7.32. The molecule has 1 amide bonds. The van der Waals surface area contributed by atoms with Crippen molar-refractivity contribution in [1.29, 1.82) is 0 Å². The van der Waals surface area contributed by atoms with Crippen molar-refractivity contribution in [2.24, 2.45) is 0 Å². The van der Waals surface area contributed by atoms with Gasteiger partial charge >= 0.3 is 0 Å². The van der Waals surface area contributed by atoms with Crippen LogP contribution in [0.25, 0.3) is 0 Å². The third-order valence-corrected chi connectivity index (χ3v) is 7.76. The molecule has 1 aromatic carbocycles. The third kappa shape index (κ3) is 4.53. The van der Waals surface area contributed by atoms with E-state index < -0.39 is 10.0 Å². The van der Waals surface area contributed by atoms with Crippen LogP contribution in [0, 0.1) is 0 Å². The number of rotatable bonds is 6. The highest BCUT2D eigenvalue weighted by molar-refractivity contribution is 7.89. The van der Waals surface area contributed by atoms with Gasteiger partial charge in [-0.2, -0.15) is 9.40 Å². The number of piperidine rings is 1. The zero-order valence-electron chi connectivity index (χ0n) is 16.6. The molecule has 2 fully saturated rings. The minimum absolute atomic E-state index is 0.128. The number of anilines is 1. The van der Waals surface area contributed by atoms with Crippen LogP contribution in [-0.4, -0.2) is 41.5 Å². The molecule has 1 saturated heterocycles. The van der Waals surface area contributed by atoms with Crippen molar-refractivity contribution >= 4 is 21.7 Å². The molecule has 8 heteroatoms. The fourth-order valence-corrected chi connectivity index (χ4v) is 5.78. The number of nitrogens with one attached hydrogen (secondary N) is 1. The highest BCUT2D eigenvalue weighted by Crippen LogP contribution is 2.31. The monoisotopic (exact) mass is 416 g/mol. The van der Waals surface area contributed by atoms with E-state index in [0.717, 1.165) is 43.5 Å². The number of aromatic nitrogens is 2. The SMILES string of the molecule is O=C(Cc1ccc(S(=O)(=O)N2CCCCC2)cc1)Nc1ccnn1C1CCCC1. The molecule has 1 aliphatic carbocycles. The summed E-state index contributed by atoms with van der Waals surface area (Å²) in [6.45, 7) is 1.17. The fourth-order valence-electron chi connectivity index (χ4n) is 4.26. The van der Waals surface area contributed by atoms with Crippen LogP contribution in [-0.2, 0) is 21.2 Å². The van der Waals surface area contributed by atoms with Crippen LogP contribution in [0.5, 0.6) is 0 Å². The lowest BCUT2D eigenvalue weighted by molar-refractivity contribution is -0.115. The van der Waals surface area contributed by atoms with Gasteiger partial charge in [-0.05, 0) is 43.4 Å². The summed E-state index contributed by atoms with van der Waals surface area (Å²) in [6.07, 6.45) is 9.40. The molecule has 1 saturated carbocycles. The molecule has 1 aromatic heterocycles. The van der Waals surface area contributed by atoms with E-state index >= 15 is 0 Å². The van der Waals surface area contributed by atoms with Crippen LogP contribution in [0.4, 0.5) is 5.82 Å². The standard InChI is InChI=1S/C21H28N4O3S/c26-21(23-20-12-13-22-25(20)18-6-2-3-7-18)16-17-8-10-19(11-9-17)29(27,28)24-14-4-1-5-15-24/h8-13,18H,1-7,14-16H2,(H,23,26). The lowest BCUT2D eigenvalue weighted by Gasteiger charge is -2.25. The van der Waals surface area contributed by atoms with Crippen molar-refractivity contribution in [3.05, 3.63) is 42.1 Å². The zero-order valence-corrected chi connectivity index (χ0v) is 17.4. The number of carbonyl (C=O) groups excluding carboxylic acids is 1. The van der Waals surface area contributed by atoms with E-state index in [9.17, 15) is 13.2 Å². The highest BCUT2D eigenvalue weighted by atomic mass is 32.2. The Bertz CT molecular complexity index is 941. The van der Waals surface area contributed by atoms with Crippen LogP contribution in [0.1, 0.15) is 56.6 Å². The molecular formula is C21H28N4O3S. The summed E-state index contributed by atoms with van der Waals surface area (Å²) in [6, 6.07) is 8.85. The number of amides is 1. The van der Waals surface area contributed by atoms with Gasteiger partial charge in [0.05, 0.1) is 23.6 Å². The van der Waals surface area contributed by atoms with Gasteiger partial charge in [-0.15, -0.1) is 0 Å². The first-order valence-electron chi connectivity index (χ1n) is 10.5. The Labute approximate surface area is 172 Å². The molecule has 2 aliphatic rings. The Morgan fingerprint density at radius 2 is 1.69 bits per heavy atom. The van der Waals surface area contributed by atoms with Gasteiger partial charge in [0.1, 0.15) is 5.82 Å². The van der Waals surface area contributed by atoms with E-state index in [1.165, 1.54) is 12.8 Å². The van der Waals surface area contributed by atoms with E-state index in [4.69, 9.17) is 0 Å². The Morgan fingerprint density at radius 3 is 2.38 bits per heavy atom. The second-order valence-corrected chi connectivity index (χ2v) is 9.87. The van der Waals surface area contributed by atoms with Crippen molar-refractivity contribution < 1.29 is 13.2 Å². The lowest BCUT2D eigenvalue weighted by atomic mass is 10.1. The van der Waals surface area contributed by atoms with Crippen LogP contribution < -0.4 is 5.32 Å². The number of hydrogen-bond acceptors (Lipinski definition) is 4. The van der Waals surface area contributed by atoms with Crippen molar-refractivity contribution in [3.8, 4) is 0 Å². The molecule has 2 heterocycles. The average molecular weight is 417 g/mol. The van der Waals surface area contributed by atoms with Crippen molar-refractivity contribution in [2.45, 2.75) is 62.3 Å². The maximum Gasteiger partial charge on any atom is 0.243 e. The topological polar surface area (TPSA) is 84.3 Å². The second-order valence-electron chi connectivity index (χ2n) is 7.93. The van der Waals surface area contributed by atoms with Gasteiger partial charge in [0.2, 0.25) is 15.9 Å². The Kier molecular flexibility index (Phi) is 6.01. The largest absolute Gasteiger partial charge is 0.311 e. The summed E-state index contributed by atoms with van der Waals surface area (Å²) < 4.78 is 28.9. The van der Waals surface area contributed by atoms with Crippen LogP contribution >= 0.6 is 0 Å². The Balaban J connectivity index is 1.39. The normalized spacial score (nSPS) is 18.8. The summed E-state index contributed by atoms with van der Waals surface area (Å²) in [7, 11) is -3.44. The molecule has 2 aromatic rings. The summed E-state index contributed by atoms with van der Waals surface area (Å²) in [5.41, 5.74) is 0.784. The molecule has 0 spiro atoms. The molecule has 0 bridgehead atoms. The van der Waals surface area contributed by atoms with Crippen LogP contribution in [0.3, 0.4) is 0 Å². The van der Waals surface area contributed by atoms with E-state index in [1.807, 2.05) is 10.7 Å². The molecule has 29 heavy (non-hydrogen) atoms. The van der Waals surface area contributed by atoms with Gasteiger partial charge in [0.25, 0.3) is 0 Å². The first-order chi connectivity index (χ1) is 14.0. The number of nitrogens with zero attached hydrogens (tertiary/aromatic N) is 3. The van der Waals surface area contributed by atoms with Gasteiger partial charge in [-0.1, -0.05) is 31.4 Å². The predicted molar refractivity (Wildman–Crippen MR) is 111 cm³/mol. The molecule has 1 aliphatic heterocycles. The van der Waals surface area contributed by atoms with E-state index in [2.05, 4.69) is 10.4 Å². The maximum atomic E-state index is 12.7. The highest BCUT2D eigenvalue weighted by Gasteiger charge is 2.26. The van der Waals surface area contributed by atoms with Gasteiger partial charge in [-0.3, -0.25) is 4.79 Å². The molecular weight excluding hydrogens is 388 g/mol. The maximum absolute atomic E-state index is 12.7. The zero-order chi connectivity index (χ0) is 20.3. The minimum Gasteiger partial charge on any atom is -0.311 e. The predicted octanol–water partition coefficient (Wildman–Crippen LogP) is 3.35. The number of sulfonamides is 1. The van der Waals surface area contributed by atoms with Crippen LogP contribution in [0.15, 0.2) is 41.4 Å². The van der Waals surface area contributed by atoms with Gasteiger partial charge < -0.3 is 5.32 Å². The molecule has 4 rings (SSSR count). The molecule has 0 unspecified atom stereocenters. The second kappa shape index (κ2) is 8.67. The van der Waals surface area contributed by atoms with Crippen molar-refractivity contribution in [3.63, 3.8) is 0 Å². The average Bonchev–Trinajstić information content (AvgIpc) is 3.41. The molecule has 0 atom stereocenters. The summed E-state index contributed by atoms with van der Waals surface area (Å²) in [4.78, 5) is 12.8. The smallest absolute Gasteiger partial charge is 0.243 e. The first-order valence-corrected chi connectivity index (χ1v) is 11.9. The third-order valence-electron chi connectivity index (χ3n) is 5.85. The lowest BCUT2D eigenvalue weighted by Crippen LogP contribution is -2.35. The van der Waals surface area contributed by atoms with Crippen molar-refractivity contribution in [2.75, 3.05) is 18.4 Å². The molecule has 156 valence electrons. The molecule has 7 nitrogen and oxygen atoms in total. The number of carbonyl (C=O) groups is 1.